The largest absolute Gasteiger partial charge is 0.306 e. The molecular weight excluding hydrogens is 158 g/mol. The number of nitrogens with zero attached hydrogens (tertiary/aromatic N) is 1. The predicted molar refractivity (Wildman–Crippen MR) is 61.0 cm³/mol. The molecule has 0 aliphatic carbocycles. The van der Waals surface area contributed by atoms with Crippen LogP contribution >= 0.6 is 0 Å². The predicted octanol–water partition coefficient (Wildman–Crippen LogP) is 3.40. The minimum absolute atomic E-state index is 0.892. The smallest absolute Gasteiger partial charge is 0.00191 e. The van der Waals surface area contributed by atoms with Crippen LogP contribution in [0.5, 0.6) is 0 Å². The van der Waals surface area contributed by atoms with Crippen LogP contribution in [0.2, 0.25) is 0 Å². The number of hydrogen-bond donors (Lipinski definition) is 0. The van der Waals surface area contributed by atoms with E-state index in [1.54, 1.807) is 0 Å². The summed E-state index contributed by atoms with van der Waals surface area (Å²) in [6, 6.07) is 0. The van der Waals surface area contributed by atoms with Gasteiger partial charge in [-0.15, -0.1) is 0 Å². The molecule has 80 valence electrons. The molecular formula is C12H27N. The van der Waals surface area contributed by atoms with Crippen molar-refractivity contribution in [3.63, 3.8) is 0 Å². The lowest BCUT2D eigenvalue weighted by molar-refractivity contribution is 0.201. The Morgan fingerprint density at radius 2 is 1.62 bits per heavy atom. The molecule has 0 atom stereocenters. The summed E-state index contributed by atoms with van der Waals surface area (Å²) < 4.78 is 0. The Labute approximate surface area is 84.5 Å². The van der Waals surface area contributed by atoms with Crippen LogP contribution in [0.4, 0.5) is 0 Å². The molecule has 1 aliphatic rings. The molecule has 0 bridgehead atoms. The van der Waals surface area contributed by atoms with Gasteiger partial charge < -0.3 is 4.90 Å². The zero-order valence-electron chi connectivity index (χ0n) is 10.1. The van der Waals surface area contributed by atoms with Crippen molar-refractivity contribution in [2.45, 2.75) is 47.0 Å². The van der Waals surface area contributed by atoms with E-state index >= 15 is 0 Å². The highest BCUT2D eigenvalue weighted by Crippen LogP contribution is 2.22. The molecule has 1 heteroatoms. The maximum absolute atomic E-state index is 2.44. The molecule has 1 rings (SSSR count). The topological polar surface area (TPSA) is 3.24 Å². The molecule has 1 heterocycles. The van der Waals surface area contributed by atoms with E-state index in [1.807, 2.05) is 13.8 Å². The minimum Gasteiger partial charge on any atom is -0.306 e. The van der Waals surface area contributed by atoms with Crippen molar-refractivity contribution in [2.24, 2.45) is 11.8 Å². The van der Waals surface area contributed by atoms with Gasteiger partial charge in [-0.05, 0) is 51.2 Å². The Hall–Kier alpha value is -0.0400. The summed E-state index contributed by atoms with van der Waals surface area (Å²) in [4.78, 5) is 2.44. The summed E-state index contributed by atoms with van der Waals surface area (Å²) in [5.74, 6) is 1.91. The van der Waals surface area contributed by atoms with Crippen LogP contribution in [0.1, 0.15) is 47.0 Å². The van der Waals surface area contributed by atoms with Gasteiger partial charge in [0.05, 0.1) is 0 Å². The van der Waals surface area contributed by atoms with Crippen molar-refractivity contribution in [1.29, 1.82) is 0 Å². The molecule has 0 aromatic heterocycles. The third-order valence-electron chi connectivity index (χ3n) is 2.64. The standard InChI is InChI=1S/C10H21N.C2H6/c1-9(2)8-10-4-6-11(3)7-5-10;1-2/h9-10H,4-8H2,1-3H3;1-2H3. The molecule has 0 aromatic rings. The van der Waals surface area contributed by atoms with E-state index in [1.165, 1.54) is 32.4 Å². The molecule has 1 fully saturated rings. The first kappa shape index (κ1) is 13.0. The zero-order chi connectivity index (χ0) is 10.3. The summed E-state index contributed by atoms with van der Waals surface area (Å²) in [5, 5.41) is 0. The summed E-state index contributed by atoms with van der Waals surface area (Å²) in [6.07, 6.45) is 4.29. The highest BCUT2D eigenvalue weighted by atomic mass is 15.1. The first-order valence-corrected chi connectivity index (χ1v) is 5.87. The normalized spacial score (nSPS) is 19.8. The van der Waals surface area contributed by atoms with Gasteiger partial charge in [0.15, 0.2) is 0 Å². The Balaban J connectivity index is 0.000000671. The molecule has 0 N–H and O–H groups in total. The van der Waals surface area contributed by atoms with Gasteiger partial charge in [-0.25, -0.2) is 0 Å². The third kappa shape index (κ3) is 6.09. The van der Waals surface area contributed by atoms with E-state index < -0.39 is 0 Å². The Bertz CT molecular complexity index is 102. The number of likely N-dealkylation sites (tertiary alicyclic amines) is 1. The van der Waals surface area contributed by atoms with Gasteiger partial charge in [-0.3, -0.25) is 0 Å². The van der Waals surface area contributed by atoms with Crippen molar-refractivity contribution < 1.29 is 0 Å². The molecule has 0 radical (unpaired) electrons. The van der Waals surface area contributed by atoms with E-state index in [0.29, 0.717) is 0 Å². The van der Waals surface area contributed by atoms with Crippen LogP contribution in [0.3, 0.4) is 0 Å². The van der Waals surface area contributed by atoms with Crippen molar-refractivity contribution >= 4 is 0 Å². The van der Waals surface area contributed by atoms with E-state index in [4.69, 9.17) is 0 Å². The number of piperidine rings is 1. The fourth-order valence-corrected chi connectivity index (χ4v) is 1.96. The van der Waals surface area contributed by atoms with E-state index in [9.17, 15) is 0 Å². The van der Waals surface area contributed by atoms with Gasteiger partial charge in [0.25, 0.3) is 0 Å². The maximum atomic E-state index is 2.44. The quantitative estimate of drug-likeness (QED) is 0.637. The van der Waals surface area contributed by atoms with Gasteiger partial charge in [-0.2, -0.15) is 0 Å². The fourth-order valence-electron chi connectivity index (χ4n) is 1.96. The Kier molecular flexibility index (Phi) is 7.35. The highest BCUT2D eigenvalue weighted by molar-refractivity contribution is 4.70. The van der Waals surface area contributed by atoms with Crippen LogP contribution in [-0.2, 0) is 0 Å². The van der Waals surface area contributed by atoms with E-state index in [-0.39, 0.29) is 0 Å². The fraction of sp³-hybridized carbons (Fsp3) is 1.00. The van der Waals surface area contributed by atoms with Crippen molar-refractivity contribution in [3.8, 4) is 0 Å². The summed E-state index contributed by atoms with van der Waals surface area (Å²) in [5.41, 5.74) is 0. The second-order valence-electron chi connectivity index (χ2n) is 4.38. The Morgan fingerprint density at radius 1 is 1.15 bits per heavy atom. The molecule has 0 unspecified atom stereocenters. The van der Waals surface area contributed by atoms with Gasteiger partial charge >= 0.3 is 0 Å². The lowest BCUT2D eigenvalue weighted by atomic mass is 9.89. The van der Waals surface area contributed by atoms with Crippen molar-refractivity contribution in [3.05, 3.63) is 0 Å². The minimum atomic E-state index is 0.892. The number of hydrogen-bond acceptors (Lipinski definition) is 1. The van der Waals surface area contributed by atoms with E-state index in [2.05, 4.69) is 25.8 Å². The average Bonchev–Trinajstić information content (AvgIpc) is 2.12. The number of rotatable bonds is 2. The van der Waals surface area contributed by atoms with Crippen LogP contribution in [0.15, 0.2) is 0 Å². The lowest BCUT2D eigenvalue weighted by Crippen LogP contribution is -2.30. The Morgan fingerprint density at radius 3 is 2.00 bits per heavy atom. The molecule has 0 aromatic carbocycles. The van der Waals surface area contributed by atoms with Crippen LogP contribution < -0.4 is 0 Å². The zero-order valence-corrected chi connectivity index (χ0v) is 10.1. The monoisotopic (exact) mass is 185 g/mol. The molecule has 1 saturated heterocycles. The van der Waals surface area contributed by atoms with Gasteiger partial charge in [0.2, 0.25) is 0 Å². The SMILES string of the molecule is CC.CC(C)CC1CCN(C)CC1. The average molecular weight is 185 g/mol. The van der Waals surface area contributed by atoms with Crippen LogP contribution in [-0.4, -0.2) is 25.0 Å². The second kappa shape index (κ2) is 7.37. The van der Waals surface area contributed by atoms with Gasteiger partial charge in [0, 0.05) is 0 Å². The lowest BCUT2D eigenvalue weighted by Gasteiger charge is -2.29. The molecule has 13 heavy (non-hydrogen) atoms. The molecule has 1 aliphatic heterocycles. The maximum Gasteiger partial charge on any atom is -0.00191 e. The summed E-state index contributed by atoms with van der Waals surface area (Å²) in [7, 11) is 2.23. The highest BCUT2D eigenvalue weighted by Gasteiger charge is 2.16. The summed E-state index contributed by atoms with van der Waals surface area (Å²) >= 11 is 0. The molecule has 0 saturated carbocycles. The van der Waals surface area contributed by atoms with Gasteiger partial charge in [0.1, 0.15) is 0 Å². The summed E-state index contributed by atoms with van der Waals surface area (Å²) in [6.45, 7) is 11.3. The molecule has 0 spiro atoms. The van der Waals surface area contributed by atoms with Crippen LogP contribution in [0, 0.1) is 11.8 Å². The first-order valence-electron chi connectivity index (χ1n) is 5.87. The third-order valence-corrected chi connectivity index (χ3v) is 2.64. The first-order chi connectivity index (χ1) is 6.18. The second-order valence-corrected chi connectivity index (χ2v) is 4.38. The molecule has 1 nitrogen and oxygen atoms in total. The molecule has 0 amide bonds. The van der Waals surface area contributed by atoms with Crippen LogP contribution in [0.25, 0.3) is 0 Å². The van der Waals surface area contributed by atoms with Gasteiger partial charge in [-0.1, -0.05) is 27.7 Å². The van der Waals surface area contributed by atoms with E-state index in [0.717, 1.165) is 11.8 Å². The van der Waals surface area contributed by atoms with Crippen molar-refractivity contribution in [2.75, 3.05) is 20.1 Å². The van der Waals surface area contributed by atoms with Crippen molar-refractivity contribution in [1.82, 2.24) is 4.90 Å².